The summed E-state index contributed by atoms with van der Waals surface area (Å²) in [6, 6.07) is 7.93. The van der Waals surface area contributed by atoms with Crippen LogP contribution in [0.3, 0.4) is 0 Å². The molecule has 0 aliphatic rings. The van der Waals surface area contributed by atoms with E-state index in [0.29, 0.717) is 18.8 Å². The second-order valence-corrected chi connectivity index (χ2v) is 6.04. The molecule has 2 rings (SSSR count). The van der Waals surface area contributed by atoms with Crippen molar-refractivity contribution in [2.75, 3.05) is 0 Å². The van der Waals surface area contributed by atoms with Crippen molar-refractivity contribution in [3.63, 3.8) is 0 Å². The quantitative estimate of drug-likeness (QED) is 0.880. The molecule has 0 aliphatic carbocycles. The topological polar surface area (TPSA) is 76.9 Å². The Morgan fingerprint density at radius 1 is 1.25 bits per heavy atom. The van der Waals surface area contributed by atoms with Crippen LogP contribution in [-0.4, -0.2) is 23.2 Å². The van der Waals surface area contributed by atoms with Crippen LogP contribution in [-0.2, 0) is 16.6 Å². The zero-order valence-electron chi connectivity index (χ0n) is 11.5. The van der Waals surface area contributed by atoms with Crippen molar-refractivity contribution in [1.29, 1.82) is 0 Å². The van der Waals surface area contributed by atoms with Gasteiger partial charge in [-0.15, -0.1) is 0 Å². The van der Waals surface area contributed by atoms with Crippen LogP contribution in [0.15, 0.2) is 41.6 Å². The minimum absolute atomic E-state index is 0.251. The summed E-state index contributed by atoms with van der Waals surface area (Å²) in [7, 11) is -3.55. The maximum Gasteiger partial charge on any atom is 0.241 e. The summed E-state index contributed by atoms with van der Waals surface area (Å²) in [6.45, 7) is 4.50. The molecule has 0 saturated carbocycles. The molecule has 1 N–H and O–H groups in total. The van der Waals surface area contributed by atoms with Crippen molar-refractivity contribution in [3.05, 3.63) is 42.5 Å². The van der Waals surface area contributed by atoms with Gasteiger partial charge in [0.15, 0.2) is 0 Å². The van der Waals surface area contributed by atoms with Crippen LogP contribution < -0.4 is 4.72 Å². The van der Waals surface area contributed by atoms with E-state index in [9.17, 15) is 8.42 Å². The van der Waals surface area contributed by atoms with E-state index < -0.39 is 10.0 Å². The van der Waals surface area contributed by atoms with Crippen molar-refractivity contribution < 1.29 is 8.42 Å². The standard InChI is InChI=1S/C13H18N4O2S/c1-3-12(13-14-10-15-17(13)4-2)16-20(18,19)11-8-6-5-7-9-11/h5-10,12,16H,3-4H2,1-2H3/t12-/m0/s1. The third-order valence-electron chi connectivity index (χ3n) is 3.02. The molecule has 0 bridgehead atoms. The van der Waals surface area contributed by atoms with Crippen LogP contribution in [0.1, 0.15) is 32.1 Å². The van der Waals surface area contributed by atoms with E-state index in [-0.39, 0.29) is 10.9 Å². The Kier molecular flexibility index (Phi) is 4.51. The molecule has 0 radical (unpaired) electrons. The Hall–Kier alpha value is -1.73. The maximum absolute atomic E-state index is 12.3. The number of hydrogen-bond donors (Lipinski definition) is 1. The molecular weight excluding hydrogens is 276 g/mol. The van der Waals surface area contributed by atoms with Crippen LogP contribution in [0, 0.1) is 0 Å². The van der Waals surface area contributed by atoms with E-state index in [0.717, 1.165) is 0 Å². The van der Waals surface area contributed by atoms with Gasteiger partial charge in [0, 0.05) is 6.54 Å². The van der Waals surface area contributed by atoms with E-state index in [4.69, 9.17) is 0 Å². The Balaban J connectivity index is 2.27. The Morgan fingerprint density at radius 3 is 2.55 bits per heavy atom. The van der Waals surface area contributed by atoms with Crippen molar-refractivity contribution in [1.82, 2.24) is 19.5 Å². The van der Waals surface area contributed by atoms with Gasteiger partial charge in [0.1, 0.15) is 12.2 Å². The molecule has 1 heterocycles. The van der Waals surface area contributed by atoms with E-state index in [2.05, 4.69) is 14.8 Å². The molecule has 0 spiro atoms. The van der Waals surface area contributed by atoms with E-state index in [1.54, 1.807) is 35.0 Å². The molecule has 7 heteroatoms. The molecule has 0 saturated heterocycles. The molecule has 0 unspecified atom stereocenters. The highest BCUT2D eigenvalue weighted by atomic mass is 32.2. The molecule has 6 nitrogen and oxygen atoms in total. The number of nitrogens with zero attached hydrogens (tertiary/aromatic N) is 3. The number of sulfonamides is 1. The fourth-order valence-electron chi connectivity index (χ4n) is 1.96. The van der Waals surface area contributed by atoms with Gasteiger partial charge < -0.3 is 0 Å². The van der Waals surface area contributed by atoms with Crippen LogP contribution in [0.2, 0.25) is 0 Å². The maximum atomic E-state index is 12.3. The lowest BCUT2D eigenvalue weighted by Crippen LogP contribution is -2.30. The molecular formula is C13H18N4O2S. The average molecular weight is 294 g/mol. The predicted octanol–water partition coefficient (Wildman–Crippen LogP) is 1.73. The van der Waals surface area contributed by atoms with Gasteiger partial charge in [0.05, 0.1) is 10.9 Å². The highest BCUT2D eigenvalue weighted by Crippen LogP contribution is 2.18. The van der Waals surface area contributed by atoms with Gasteiger partial charge >= 0.3 is 0 Å². The van der Waals surface area contributed by atoms with Crippen LogP contribution >= 0.6 is 0 Å². The third kappa shape index (κ3) is 3.05. The fraction of sp³-hybridized carbons (Fsp3) is 0.385. The lowest BCUT2D eigenvalue weighted by Gasteiger charge is -2.17. The molecule has 0 fully saturated rings. The van der Waals surface area contributed by atoms with Gasteiger partial charge in [0.25, 0.3) is 0 Å². The van der Waals surface area contributed by atoms with Gasteiger partial charge in [-0.05, 0) is 25.5 Å². The molecule has 1 atom stereocenters. The second-order valence-electron chi connectivity index (χ2n) is 4.33. The highest BCUT2D eigenvalue weighted by molar-refractivity contribution is 7.89. The first-order valence-corrected chi connectivity index (χ1v) is 8.02. The number of rotatable bonds is 6. The van der Waals surface area contributed by atoms with Crippen molar-refractivity contribution >= 4 is 10.0 Å². The molecule has 2 aromatic rings. The zero-order valence-corrected chi connectivity index (χ0v) is 12.3. The van der Waals surface area contributed by atoms with Gasteiger partial charge in [-0.2, -0.15) is 5.10 Å². The van der Waals surface area contributed by atoms with E-state index in [1.165, 1.54) is 6.33 Å². The highest BCUT2D eigenvalue weighted by Gasteiger charge is 2.23. The Labute approximate surface area is 118 Å². The van der Waals surface area contributed by atoms with Gasteiger partial charge in [0.2, 0.25) is 10.0 Å². The van der Waals surface area contributed by atoms with Crippen molar-refractivity contribution in [2.45, 2.75) is 37.8 Å². The van der Waals surface area contributed by atoms with Gasteiger partial charge in [-0.1, -0.05) is 25.1 Å². The monoisotopic (exact) mass is 294 g/mol. The molecule has 108 valence electrons. The number of hydrogen-bond acceptors (Lipinski definition) is 4. The lowest BCUT2D eigenvalue weighted by atomic mass is 10.2. The van der Waals surface area contributed by atoms with Crippen LogP contribution in [0.25, 0.3) is 0 Å². The molecule has 0 aliphatic heterocycles. The third-order valence-corrected chi connectivity index (χ3v) is 4.50. The number of benzene rings is 1. The largest absolute Gasteiger partial charge is 0.249 e. The van der Waals surface area contributed by atoms with E-state index >= 15 is 0 Å². The Bertz CT molecular complexity index is 652. The molecule has 0 amide bonds. The van der Waals surface area contributed by atoms with Crippen molar-refractivity contribution in [3.8, 4) is 0 Å². The number of aryl methyl sites for hydroxylation is 1. The summed E-state index contributed by atoms with van der Waals surface area (Å²) in [5.74, 6) is 0.634. The second kappa shape index (κ2) is 6.15. The summed E-state index contributed by atoms with van der Waals surface area (Å²) in [6.07, 6.45) is 2.04. The summed E-state index contributed by atoms with van der Waals surface area (Å²) >= 11 is 0. The average Bonchev–Trinajstić information content (AvgIpc) is 2.94. The lowest BCUT2D eigenvalue weighted by molar-refractivity contribution is 0.503. The predicted molar refractivity (Wildman–Crippen MR) is 75.5 cm³/mol. The normalized spacial score (nSPS) is 13.3. The zero-order chi connectivity index (χ0) is 14.6. The summed E-state index contributed by atoms with van der Waals surface area (Å²) in [5.41, 5.74) is 0. The fourth-order valence-corrected chi connectivity index (χ4v) is 3.26. The van der Waals surface area contributed by atoms with E-state index in [1.807, 2.05) is 13.8 Å². The summed E-state index contributed by atoms with van der Waals surface area (Å²) in [5, 5.41) is 4.08. The van der Waals surface area contributed by atoms with Crippen LogP contribution in [0.4, 0.5) is 0 Å². The molecule has 1 aromatic carbocycles. The first-order chi connectivity index (χ1) is 9.58. The van der Waals surface area contributed by atoms with Crippen LogP contribution in [0.5, 0.6) is 0 Å². The summed E-state index contributed by atoms with van der Waals surface area (Å²) in [4.78, 5) is 4.41. The van der Waals surface area contributed by atoms with Gasteiger partial charge in [-0.25, -0.2) is 22.8 Å². The van der Waals surface area contributed by atoms with Gasteiger partial charge in [-0.3, -0.25) is 0 Å². The number of nitrogens with one attached hydrogen (secondary N) is 1. The minimum Gasteiger partial charge on any atom is -0.249 e. The molecule has 1 aromatic heterocycles. The number of aromatic nitrogens is 3. The minimum atomic E-state index is -3.55. The summed E-state index contributed by atoms with van der Waals surface area (Å²) < 4.78 is 29.0. The Morgan fingerprint density at radius 2 is 1.95 bits per heavy atom. The van der Waals surface area contributed by atoms with Crippen molar-refractivity contribution in [2.24, 2.45) is 0 Å². The SMILES string of the molecule is CC[C@H](NS(=O)(=O)c1ccccc1)c1ncnn1CC. The first kappa shape index (κ1) is 14.7. The smallest absolute Gasteiger partial charge is 0.241 e. The molecule has 20 heavy (non-hydrogen) atoms. The first-order valence-electron chi connectivity index (χ1n) is 6.53.